The maximum atomic E-state index is 4.75. The first kappa shape index (κ1) is 17.6. The van der Waals surface area contributed by atoms with Crippen molar-refractivity contribution < 1.29 is 0 Å². The highest BCUT2D eigenvalue weighted by Gasteiger charge is 2.08. The summed E-state index contributed by atoms with van der Waals surface area (Å²) in [4.78, 5) is 11.6. The molecule has 23 heavy (non-hydrogen) atoms. The molecule has 0 bridgehead atoms. The van der Waals surface area contributed by atoms with Gasteiger partial charge in [0.05, 0.1) is 16.7 Å². The third-order valence-corrected chi connectivity index (χ3v) is 4.65. The highest BCUT2D eigenvalue weighted by Crippen LogP contribution is 2.29. The Morgan fingerprint density at radius 1 is 0.913 bits per heavy atom. The molecule has 0 unspecified atom stereocenters. The van der Waals surface area contributed by atoms with E-state index in [1.165, 1.54) is 11.3 Å². The summed E-state index contributed by atoms with van der Waals surface area (Å²) in [6, 6.07) is 16.5. The third-order valence-electron chi connectivity index (χ3n) is 3.54. The van der Waals surface area contributed by atoms with E-state index in [-0.39, 0.29) is 12.4 Å². The second kappa shape index (κ2) is 7.66. The summed E-state index contributed by atoms with van der Waals surface area (Å²) in [7, 11) is 4.15. The number of nitrogens with zero attached hydrogens (tertiary/aromatic N) is 3. The van der Waals surface area contributed by atoms with Crippen LogP contribution in [0.5, 0.6) is 0 Å². The van der Waals surface area contributed by atoms with Crippen molar-refractivity contribution in [2.75, 3.05) is 19.0 Å². The van der Waals surface area contributed by atoms with E-state index in [4.69, 9.17) is 4.98 Å². The predicted molar refractivity (Wildman–Crippen MR) is 102 cm³/mol. The Morgan fingerprint density at radius 3 is 2.22 bits per heavy atom. The smallest absolute Gasteiger partial charge is 0.118 e. The van der Waals surface area contributed by atoms with Gasteiger partial charge in [-0.25, -0.2) is 9.97 Å². The SMILES string of the molecule is Cc1nc2ccccc2nc1SCc1ccccc1N(C)C.Cl. The summed E-state index contributed by atoms with van der Waals surface area (Å²) in [5.41, 5.74) is 5.47. The van der Waals surface area contributed by atoms with Gasteiger partial charge >= 0.3 is 0 Å². The number of thioether (sulfide) groups is 1. The minimum atomic E-state index is 0. The van der Waals surface area contributed by atoms with Crippen LogP contribution in [0, 0.1) is 6.92 Å². The van der Waals surface area contributed by atoms with Crippen LogP contribution >= 0.6 is 24.2 Å². The fourth-order valence-corrected chi connectivity index (χ4v) is 3.38. The molecule has 0 N–H and O–H groups in total. The number of aryl methyl sites for hydroxylation is 1. The number of anilines is 1. The quantitative estimate of drug-likeness (QED) is 0.640. The van der Waals surface area contributed by atoms with E-state index in [0.717, 1.165) is 27.5 Å². The van der Waals surface area contributed by atoms with Crippen molar-refractivity contribution in [3.05, 3.63) is 59.8 Å². The van der Waals surface area contributed by atoms with Crippen LogP contribution in [0.25, 0.3) is 11.0 Å². The zero-order chi connectivity index (χ0) is 15.5. The largest absolute Gasteiger partial charge is 0.377 e. The lowest BCUT2D eigenvalue weighted by Crippen LogP contribution is -2.10. The van der Waals surface area contributed by atoms with Crippen molar-refractivity contribution in [1.29, 1.82) is 0 Å². The monoisotopic (exact) mass is 345 g/mol. The third kappa shape index (κ3) is 3.95. The Hall–Kier alpha value is -1.78. The Morgan fingerprint density at radius 2 is 1.52 bits per heavy atom. The van der Waals surface area contributed by atoms with Gasteiger partial charge in [-0.05, 0) is 30.7 Å². The van der Waals surface area contributed by atoms with Crippen LogP contribution in [0.4, 0.5) is 5.69 Å². The van der Waals surface area contributed by atoms with Crippen molar-refractivity contribution in [3.63, 3.8) is 0 Å². The maximum absolute atomic E-state index is 4.75. The number of aromatic nitrogens is 2. The highest BCUT2D eigenvalue weighted by molar-refractivity contribution is 7.98. The second-order valence-electron chi connectivity index (χ2n) is 5.41. The van der Waals surface area contributed by atoms with Gasteiger partial charge in [0.15, 0.2) is 0 Å². The number of halogens is 1. The number of rotatable bonds is 4. The molecular formula is C18H20ClN3S. The van der Waals surface area contributed by atoms with Crippen molar-refractivity contribution >= 4 is 40.9 Å². The first-order chi connectivity index (χ1) is 10.6. The standard InChI is InChI=1S/C18H19N3S.ClH/c1-13-18(20-16-10-6-5-9-15(16)19-13)22-12-14-8-4-7-11-17(14)21(2)3;/h4-11H,12H2,1-3H3;1H. The van der Waals surface area contributed by atoms with Crippen LogP contribution in [0.2, 0.25) is 0 Å². The molecule has 120 valence electrons. The summed E-state index contributed by atoms with van der Waals surface area (Å²) in [6.45, 7) is 2.03. The van der Waals surface area contributed by atoms with Gasteiger partial charge in [-0.2, -0.15) is 0 Å². The van der Waals surface area contributed by atoms with Gasteiger partial charge < -0.3 is 4.90 Å². The lowest BCUT2D eigenvalue weighted by molar-refractivity contribution is 1.04. The first-order valence-electron chi connectivity index (χ1n) is 7.26. The summed E-state index contributed by atoms with van der Waals surface area (Å²) >= 11 is 1.75. The van der Waals surface area contributed by atoms with Crippen LogP contribution in [0.15, 0.2) is 53.6 Å². The molecular weight excluding hydrogens is 326 g/mol. The average Bonchev–Trinajstić information content (AvgIpc) is 2.53. The molecule has 2 aromatic carbocycles. The van der Waals surface area contributed by atoms with Crippen molar-refractivity contribution in [2.24, 2.45) is 0 Å². The van der Waals surface area contributed by atoms with Crippen LogP contribution in [0.1, 0.15) is 11.3 Å². The zero-order valence-corrected chi connectivity index (χ0v) is 15.1. The number of hydrogen-bond acceptors (Lipinski definition) is 4. The Labute approximate surface area is 147 Å². The second-order valence-corrected chi connectivity index (χ2v) is 6.38. The summed E-state index contributed by atoms with van der Waals surface area (Å²) in [6.07, 6.45) is 0. The summed E-state index contributed by atoms with van der Waals surface area (Å²) < 4.78 is 0. The van der Waals surface area contributed by atoms with Gasteiger partial charge in [-0.1, -0.05) is 42.1 Å². The number of fused-ring (bicyclic) bond motifs is 1. The number of para-hydroxylation sites is 3. The molecule has 0 aliphatic heterocycles. The molecule has 1 heterocycles. The predicted octanol–water partition coefficient (Wildman–Crippen LogP) is 4.72. The minimum absolute atomic E-state index is 0. The molecule has 0 amide bonds. The Bertz CT molecular complexity index is 805. The van der Waals surface area contributed by atoms with Crippen LogP contribution in [0.3, 0.4) is 0 Å². The molecule has 3 aromatic rings. The first-order valence-corrected chi connectivity index (χ1v) is 8.25. The van der Waals surface area contributed by atoms with Crippen LogP contribution < -0.4 is 4.90 Å². The number of hydrogen-bond donors (Lipinski definition) is 0. The lowest BCUT2D eigenvalue weighted by atomic mass is 10.2. The molecule has 0 saturated carbocycles. The molecule has 0 spiro atoms. The molecule has 0 saturated heterocycles. The van der Waals surface area contributed by atoms with Gasteiger partial charge in [0.1, 0.15) is 5.03 Å². The van der Waals surface area contributed by atoms with Gasteiger partial charge in [0, 0.05) is 25.5 Å². The Kier molecular flexibility index (Phi) is 5.85. The average molecular weight is 346 g/mol. The normalized spacial score (nSPS) is 10.4. The molecule has 5 heteroatoms. The van der Waals surface area contributed by atoms with E-state index < -0.39 is 0 Å². The molecule has 0 atom stereocenters. The van der Waals surface area contributed by atoms with Crippen molar-refractivity contribution in [2.45, 2.75) is 17.7 Å². The molecule has 0 radical (unpaired) electrons. The molecule has 0 aliphatic rings. The minimum Gasteiger partial charge on any atom is -0.377 e. The fourth-order valence-electron chi connectivity index (χ4n) is 2.42. The highest BCUT2D eigenvalue weighted by atomic mass is 35.5. The zero-order valence-electron chi connectivity index (χ0n) is 13.5. The number of benzene rings is 2. The van der Waals surface area contributed by atoms with Gasteiger partial charge in [-0.3, -0.25) is 0 Å². The van der Waals surface area contributed by atoms with E-state index in [9.17, 15) is 0 Å². The molecule has 1 aromatic heterocycles. The van der Waals surface area contributed by atoms with Gasteiger partial charge in [0.2, 0.25) is 0 Å². The molecule has 0 aliphatic carbocycles. The van der Waals surface area contributed by atoms with Crippen molar-refractivity contribution in [3.8, 4) is 0 Å². The Balaban J connectivity index is 0.00000192. The fraction of sp³-hybridized carbons (Fsp3) is 0.222. The summed E-state index contributed by atoms with van der Waals surface area (Å²) in [5, 5.41) is 1.01. The van der Waals surface area contributed by atoms with E-state index in [2.05, 4.69) is 48.2 Å². The molecule has 3 rings (SSSR count). The lowest BCUT2D eigenvalue weighted by Gasteiger charge is -2.17. The van der Waals surface area contributed by atoms with Crippen LogP contribution in [-0.2, 0) is 5.75 Å². The maximum Gasteiger partial charge on any atom is 0.118 e. The topological polar surface area (TPSA) is 29.0 Å². The van der Waals surface area contributed by atoms with Crippen molar-refractivity contribution in [1.82, 2.24) is 9.97 Å². The van der Waals surface area contributed by atoms with E-state index in [1.54, 1.807) is 11.8 Å². The van der Waals surface area contributed by atoms with E-state index >= 15 is 0 Å². The van der Waals surface area contributed by atoms with Gasteiger partial charge in [0.25, 0.3) is 0 Å². The molecule has 3 nitrogen and oxygen atoms in total. The van der Waals surface area contributed by atoms with Crippen LogP contribution in [-0.4, -0.2) is 24.1 Å². The van der Waals surface area contributed by atoms with Gasteiger partial charge in [-0.15, -0.1) is 12.4 Å². The van der Waals surface area contributed by atoms with E-state index in [0.29, 0.717) is 0 Å². The van der Waals surface area contributed by atoms with E-state index in [1.807, 2.05) is 31.2 Å². The molecule has 0 fully saturated rings. The summed E-state index contributed by atoms with van der Waals surface area (Å²) in [5.74, 6) is 0.891.